The highest BCUT2D eigenvalue weighted by molar-refractivity contribution is 9.10. The van der Waals surface area contributed by atoms with Crippen molar-refractivity contribution in [1.82, 2.24) is 10.9 Å². The van der Waals surface area contributed by atoms with Crippen molar-refractivity contribution in [1.29, 1.82) is 0 Å². The highest BCUT2D eigenvalue weighted by Crippen LogP contribution is 2.22. The van der Waals surface area contributed by atoms with Crippen molar-refractivity contribution in [3.63, 3.8) is 0 Å². The maximum Gasteiger partial charge on any atom is 0.273 e. The average molecular weight is 434 g/mol. The first-order chi connectivity index (χ1) is 12.8. The molecule has 0 atom stereocenters. The first kappa shape index (κ1) is 20.4. The van der Waals surface area contributed by atoms with E-state index in [-0.39, 0.29) is 17.4 Å². The van der Waals surface area contributed by atoms with Crippen LogP contribution < -0.4 is 20.9 Å². The van der Waals surface area contributed by atoms with E-state index in [2.05, 4.69) is 32.1 Å². The van der Waals surface area contributed by atoms with Crippen LogP contribution in [0.1, 0.15) is 34.6 Å². The van der Waals surface area contributed by atoms with Gasteiger partial charge in [-0.2, -0.15) is 0 Å². The third-order valence-corrected chi connectivity index (χ3v) is 4.13. The van der Waals surface area contributed by atoms with E-state index >= 15 is 0 Å². The lowest BCUT2D eigenvalue weighted by Crippen LogP contribution is -2.41. The third kappa shape index (κ3) is 5.55. The van der Waals surface area contributed by atoms with Crippen LogP contribution in [0, 0.1) is 5.92 Å². The number of hydrogen-bond donors (Lipinski definition) is 3. The molecule has 0 spiro atoms. The van der Waals surface area contributed by atoms with Gasteiger partial charge in [-0.15, -0.1) is 0 Å². The number of rotatable bonds is 5. The number of nitrogens with one attached hydrogen (secondary N) is 3. The van der Waals surface area contributed by atoms with E-state index in [1.54, 1.807) is 56.3 Å². The van der Waals surface area contributed by atoms with Crippen molar-refractivity contribution in [3.8, 4) is 5.75 Å². The molecule has 0 saturated carbocycles. The lowest BCUT2D eigenvalue weighted by Gasteiger charge is -2.11. The Morgan fingerprint density at radius 2 is 1.59 bits per heavy atom. The van der Waals surface area contributed by atoms with E-state index in [0.29, 0.717) is 21.5 Å². The maximum atomic E-state index is 12.3. The quantitative estimate of drug-likeness (QED) is 0.630. The molecule has 0 radical (unpaired) electrons. The normalized spacial score (nSPS) is 10.3. The number of anilines is 1. The number of benzene rings is 2. The second kappa shape index (κ2) is 9.18. The Balaban J connectivity index is 1.98. The average Bonchev–Trinajstić information content (AvgIpc) is 2.66. The van der Waals surface area contributed by atoms with Crippen LogP contribution in [0.4, 0.5) is 5.69 Å². The topological polar surface area (TPSA) is 96.5 Å². The SMILES string of the molecule is COc1ccc(Br)cc1C(=O)NNC(=O)c1ccc(NC(=O)C(C)C)cc1. The number of hydrogen-bond acceptors (Lipinski definition) is 4. The predicted octanol–water partition coefficient (Wildman–Crippen LogP) is 3.13. The Labute approximate surface area is 165 Å². The summed E-state index contributed by atoms with van der Waals surface area (Å²) in [6.07, 6.45) is 0. The lowest BCUT2D eigenvalue weighted by molar-refractivity contribution is -0.118. The summed E-state index contributed by atoms with van der Waals surface area (Å²) in [6.45, 7) is 3.58. The second-order valence-corrected chi connectivity index (χ2v) is 6.89. The standard InChI is InChI=1S/C19H20BrN3O4/c1-11(2)17(24)21-14-7-4-12(5-8-14)18(25)22-23-19(26)15-10-13(20)6-9-16(15)27-3/h4-11H,1-3H3,(H,21,24)(H,22,25)(H,23,26). The van der Waals surface area contributed by atoms with Crippen LogP contribution in [0.3, 0.4) is 0 Å². The molecule has 0 aliphatic carbocycles. The Hall–Kier alpha value is -2.87. The molecule has 2 aromatic rings. The number of halogens is 1. The van der Waals surface area contributed by atoms with Crippen LogP contribution in [0.15, 0.2) is 46.9 Å². The van der Waals surface area contributed by atoms with Crippen LogP contribution in [-0.2, 0) is 4.79 Å². The molecule has 0 saturated heterocycles. The number of hydrazine groups is 1. The number of carbonyl (C=O) groups excluding carboxylic acids is 3. The van der Waals surface area contributed by atoms with Gasteiger partial charge in [-0.25, -0.2) is 0 Å². The summed E-state index contributed by atoms with van der Waals surface area (Å²) in [5, 5.41) is 2.74. The fourth-order valence-corrected chi connectivity index (χ4v) is 2.46. The van der Waals surface area contributed by atoms with Crippen LogP contribution in [0.25, 0.3) is 0 Å². The van der Waals surface area contributed by atoms with Gasteiger partial charge in [-0.1, -0.05) is 29.8 Å². The van der Waals surface area contributed by atoms with E-state index in [1.165, 1.54) is 7.11 Å². The molecule has 2 rings (SSSR count). The fraction of sp³-hybridized carbons (Fsp3) is 0.211. The zero-order valence-corrected chi connectivity index (χ0v) is 16.7. The Morgan fingerprint density at radius 1 is 0.963 bits per heavy atom. The van der Waals surface area contributed by atoms with Gasteiger partial charge in [0.1, 0.15) is 5.75 Å². The fourth-order valence-electron chi connectivity index (χ4n) is 2.10. The van der Waals surface area contributed by atoms with Crippen LogP contribution in [0.5, 0.6) is 5.75 Å². The number of amides is 3. The smallest absolute Gasteiger partial charge is 0.273 e. The van der Waals surface area contributed by atoms with Crippen molar-refractivity contribution < 1.29 is 19.1 Å². The molecule has 0 aliphatic heterocycles. The molecular weight excluding hydrogens is 414 g/mol. The van der Waals surface area contributed by atoms with Crippen molar-refractivity contribution >= 4 is 39.3 Å². The van der Waals surface area contributed by atoms with Gasteiger partial charge in [0.2, 0.25) is 5.91 Å². The summed E-state index contributed by atoms with van der Waals surface area (Å²) in [4.78, 5) is 36.1. The predicted molar refractivity (Wildman–Crippen MR) is 106 cm³/mol. The molecule has 3 N–H and O–H groups in total. The van der Waals surface area contributed by atoms with E-state index in [1.807, 2.05) is 0 Å². The summed E-state index contributed by atoms with van der Waals surface area (Å²) in [5.74, 6) is -0.864. The molecule has 0 aromatic heterocycles. The molecule has 2 aromatic carbocycles. The van der Waals surface area contributed by atoms with Gasteiger partial charge in [0.15, 0.2) is 0 Å². The first-order valence-electron chi connectivity index (χ1n) is 8.17. The third-order valence-electron chi connectivity index (χ3n) is 3.63. The molecule has 0 heterocycles. The van der Waals surface area contributed by atoms with Gasteiger partial charge in [0.25, 0.3) is 11.8 Å². The van der Waals surface area contributed by atoms with Gasteiger partial charge in [0.05, 0.1) is 12.7 Å². The monoisotopic (exact) mass is 433 g/mol. The summed E-state index contributed by atoms with van der Waals surface area (Å²) in [6, 6.07) is 11.3. The van der Waals surface area contributed by atoms with Crippen LogP contribution >= 0.6 is 15.9 Å². The molecule has 27 heavy (non-hydrogen) atoms. The minimum Gasteiger partial charge on any atom is -0.496 e. The summed E-state index contributed by atoms with van der Waals surface area (Å²) in [7, 11) is 1.46. The Morgan fingerprint density at radius 3 is 2.19 bits per heavy atom. The van der Waals surface area contributed by atoms with Crippen molar-refractivity contribution in [2.24, 2.45) is 5.92 Å². The molecule has 0 bridgehead atoms. The minimum atomic E-state index is -0.512. The number of ether oxygens (including phenoxy) is 1. The zero-order valence-electron chi connectivity index (χ0n) is 15.1. The van der Waals surface area contributed by atoms with Crippen LogP contribution in [0.2, 0.25) is 0 Å². The summed E-state index contributed by atoms with van der Waals surface area (Å²) >= 11 is 3.29. The van der Waals surface area contributed by atoms with Crippen molar-refractivity contribution in [3.05, 3.63) is 58.1 Å². The number of carbonyl (C=O) groups is 3. The molecule has 8 heteroatoms. The van der Waals surface area contributed by atoms with Gasteiger partial charge in [-0.3, -0.25) is 25.2 Å². The first-order valence-corrected chi connectivity index (χ1v) is 8.96. The van der Waals surface area contributed by atoms with E-state index in [0.717, 1.165) is 0 Å². The molecule has 0 fully saturated rings. The molecule has 7 nitrogen and oxygen atoms in total. The molecule has 0 aliphatic rings. The van der Waals surface area contributed by atoms with Gasteiger partial charge in [0, 0.05) is 21.6 Å². The van der Waals surface area contributed by atoms with Crippen LogP contribution in [-0.4, -0.2) is 24.8 Å². The summed E-state index contributed by atoms with van der Waals surface area (Å²) in [5.41, 5.74) is 5.90. The second-order valence-electron chi connectivity index (χ2n) is 5.97. The van der Waals surface area contributed by atoms with Crippen molar-refractivity contribution in [2.75, 3.05) is 12.4 Å². The Kier molecular flexibility index (Phi) is 6.95. The molecular formula is C19H20BrN3O4. The van der Waals surface area contributed by atoms with E-state index < -0.39 is 11.8 Å². The maximum absolute atomic E-state index is 12.3. The number of methoxy groups -OCH3 is 1. The van der Waals surface area contributed by atoms with E-state index in [4.69, 9.17) is 4.74 Å². The largest absolute Gasteiger partial charge is 0.496 e. The summed E-state index contributed by atoms with van der Waals surface area (Å²) < 4.78 is 5.85. The van der Waals surface area contributed by atoms with Gasteiger partial charge in [-0.05, 0) is 42.5 Å². The van der Waals surface area contributed by atoms with Gasteiger partial charge >= 0.3 is 0 Å². The molecule has 0 unspecified atom stereocenters. The van der Waals surface area contributed by atoms with Gasteiger partial charge < -0.3 is 10.1 Å². The lowest BCUT2D eigenvalue weighted by atomic mass is 10.1. The Bertz CT molecular complexity index is 851. The minimum absolute atomic E-state index is 0.109. The molecule has 3 amide bonds. The highest BCUT2D eigenvalue weighted by Gasteiger charge is 2.14. The highest BCUT2D eigenvalue weighted by atomic mass is 79.9. The van der Waals surface area contributed by atoms with E-state index in [9.17, 15) is 14.4 Å². The molecule has 142 valence electrons. The zero-order chi connectivity index (χ0) is 20.0. The van der Waals surface area contributed by atoms with Crippen molar-refractivity contribution in [2.45, 2.75) is 13.8 Å².